The molecule has 158 valence electrons. The standard InChI is InChI=1S/C22H19ClN4O3S/c1-29-19-8-7-14(9-15(19)12-26-13-16(23)11-24-26)10-17-21(28)27(22(31)25-17)18-5-3-4-6-20(18)30-2/h3-11,13H,12H2,1-2H3,(H,25,31)/b17-10+. The highest BCUT2D eigenvalue weighted by Gasteiger charge is 2.33. The minimum Gasteiger partial charge on any atom is -0.496 e. The third kappa shape index (κ3) is 4.26. The Morgan fingerprint density at radius 3 is 2.65 bits per heavy atom. The highest BCUT2D eigenvalue weighted by atomic mass is 35.5. The van der Waals surface area contributed by atoms with E-state index >= 15 is 0 Å². The van der Waals surface area contributed by atoms with Crippen LogP contribution in [-0.2, 0) is 11.3 Å². The van der Waals surface area contributed by atoms with Crippen LogP contribution < -0.4 is 19.7 Å². The molecule has 0 spiro atoms. The molecule has 1 N–H and O–H groups in total. The van der Waals surface area contributed by atoms with Crippen molar-refractivity contribution in [2.24, 2.45) is 0 Å². The van der Waals surface area contributed by atoms with E-state index in [-0.39, 0.29) is 5.91 Å². The normalized spacial score (nSPS) is 14.8. The monoisotopic (exact) mass is 454 g/mol. The van der Waals surface area contributed by atoms with E-state index < -0.39 is 0 Å². The lowest BCUT2D eigenvalue weighted by atomic mass is 10.1. The Hall–Kier alpha value is -3.36. The van der Waals surface area contributed by atoms with Crippen LogP contribution in [0.25, 0.3) is 6.08 Å². The van der Waals surface area contributed by atoms with Gasteiger partial charge < -0.3 is 14.8 Å². The molecule has 0 saturated carbocycles. The molecule has 7 nitrogen and oxygen atoms in total. The summed E-state index contributed by atoms with van der Waals surface area (Å²) in [5.74, 6) is 1.02. The fraction of sp³-hybridized carbons (Fsp3) is 0.136. The van der Waals surface area contributed by atoms with Gasteiger partial charge in [-0.25, -0.2) is 4.90 Å². The number of para-hydroxylation sites is 2. The summed E-state index contributed by atoms with van der Waals surface area (Å²) in [6.07, 6.45) is 5.06. The quantitative estimate of drug-likeness (QED) is 0.450. The lowest BCUT2D eigenvalue weighted by molar-refractivity contribution is -0.113. The average molecular weight is 455 g/mol. The van der Waals surface area contributed by atoms with Crippen LogP contribution in [0.1, 0.15) is 11.1 Å². The van der Waals surface area contributed by atoms with Crippen LogP contribution in [0.5, 0.6) is 11.5 Å². The van der Waals surface area contributed by atoms with Gasteiger partial charge in [0.2, 0.25) is 0 Å². The van der Waals surface area contributed by atoms with Gasteiger partial charge in [0.15, 0.2) is 5.11 Å². The molecule has 1 fully saturated rings. The zero-order valence-corrected chi connectivity index (χ0v) is 18.4. The van der Waals surface area contributed by atoms with E-state index in [1.54, 1.807) is 49.5 Å². The molecule has 2 heterocycles. The Kier molecular flexibility index (Phi) is 5.92. The number of benzene rings is 2. The summed E-state index contributed by atoms with van der Waals surface area (Å²) in [7, 11) is 3.16. The molecule has 1 aromatic heterocycles. The number of hydrogen-bond acceptors (Lipinski definition) is 5. The van der Waals surface area contributed by atoms with Crippen LogP contribution in [0, 0.1) is 0 Å². The molecule has 0 aliphatic carbocycles. The van der Waals surface area contributed by atoms with Gasteiger partial charge >= 0.3 is 0 Å². The zero-order valence-electron chi connectivity index (χ0n) is 16.8. The van der Waals surface area contributed by atoms with Gasteiger partial charge in [-0.1, -0.05) is 29.8 Å². The van der Waals surface area contributed by atoms with Crippen LogP contribution in [0.3, 0.4) is 0 Å². The first kappa shape index (κ1) is 20.9. The summed E-state index contributed by atoms with van der Waals surface area (Å²) in [6, 6.07) is 12.9. The molecule has 2 aromatic carbocycles. The first-order valence-electron chi connectivity index (χ1n) is 9.35. The molecule has 1 saturated heterocycles. The Balaban J connectivity index is 1.65. The van der Waals surface area contributed by atoms with Crippen molar-refractivity contribution in [3.8, 4) is 11.5 Å². The molecule has 0 unspecified atom stereocenters. The third-order valence-electron chi connectivity index (χ3n) is 4.75. The number of carbonyl (C=O) groups excluding carboxylic acids is 1. The second kappa shape index (κ2) is 8.79. The van der Waals surface area contributed by atoms with Crippen molar-refractivity contribution in [3.63, 3.8) is 0 Å². The number of aromatic nitrogens is 2. The smallest absolute Gasteiger partial charge is 0.281 e. The topological polar surface area (TPSA) is 68.6 Å². The SMILES string of the molecule is COc1ccc(/C=C2/NC(=S)N(c3ccccc3OC)C2=O)cc1Cn1cc(Cl)cn1. The number of nitrogens with one attached hydrogen (secondary N) is 1. The third-order valence-corrected chi connectivity index (χ3v) is 5.23. The van der Waals surface area contributed by atoms with Gasteiger partial charge in [-0.15, -0.1) is 0 Å². The molecule has 3 aromatic rings. The Morgan fingerprint density at radius 2 is 1.94 bits per heavy atom. The summed E-state index contributed by atoms with van der Waals surface area (Å²) in [4.78, 5) is 14.5. The molecular weight excluding hydrogens is 436 g/mol. The molecule has 0 bridgehead atoms. The van der Waals surface area contributed by atoms with Gasteiger partial charge in [-0.05, 0) is 48.1 Å². The number of hydrogen-bond donors (Lipinski definition) is 1. The van der Waals surface area contributed by atoms with E-state index in [9.17, 15) is 4.79 Å². The van der Waals surface area contributed by atoms with Gasteiger partial charge in [0.05, 0.1) is 37.7 Å². The molecule has 9 heteroatoms. The molecule has 1 aliphatic heterocycles. The maximum atomic E-state index is 13.1. The van der Waals surface area contributed by atoms with Crippen LogP contribution in [-0.4, -0.2) is 35.0 Å². The van der Waals surface area contributed by atoms with Gasteiger partial charge in [0.1, 0.15) is 17.2 Å². The summed E-state index contributed by atoms with van der Waals surface area (Å²) in [6.45, 7) is 0.472. The second-order valence-corrected chi connectivity index (χ2v) is 7.55. The zero-order chi connectivity index (χ0) is 22.0. The summed E-state index contributed by atoms with van der Waals surface area (Å²) < 4.78 is 12.6. The number of thiocarbonyl (C=S) groups is 1. The van der Waals surface area contributed by atoms with E-state index in [1.165, 1.54) is 4.90 Å². The van der Waals surface area contributed by atoms with Crippen molar-refractivity contribution in [1.82, 2.24) is 15.1 Å². The fourth-order valence-electron chi connectivity index (χ4n) is 3.35. The van der Waals surface area contributed by atoms with Gasteiger partial charge in [0, 0.05) is 11.8 Å². The minimum atomic E-state index is -0.259. The number of halogens is 1. The Labute approximate surface area is 189 Å². The van der Waals surface area contributed by atoms with E-state index in [1.807, 2.05) is 30.3 Å². The summed E-state index contributed by atoms with van der Waals surface area (Å²) in [5.41, 5.74) is 2.66. The van der Waals surface area contributed by atoms with Crippen LogP contribution in [0.15, 0.2) is 60.6 Å². The number of anilines is 1. The van der Waals surface area contributed by atoms with E-state index in [2.05, 4.69) is 10.4 Å². The summed E-state index contributed by atoms with van der Waals surface area (Å²) in [5, 5.41) is 8.06. The maximum Gasteiger partial charge on any atom is 0.281 e. The van der Waals surface area contributed by atoms with E-state index in [0.717, 1.165) is 11.1 Å². The molecule has 31 heavy (non-hydrogen) atoms. The molecule has 0 atom stereocenters. The van der Waals surface area contributed by atoms with Crippen molar-refractivity contribution < 1.29 is 14.3 Å². The lowest BCUT2D eigenvalue weighted by Crippen LogP contribution is -2.30. The summed E-state index contributed by atoms with van der Waals surface area (Å²) >= 11 is 11.4. The molecular formula is C22H19ClN4O3S. The van der Waals surface area contributed by atoms with Gasteiger partial charge in [-0.3, -0.25) is 9.48 Å². The fourth-order valence-corrected chi connectivity index (χ4v) is 3.79. The van der Waals surface area contributed by atoms with Crippen molar-refractivity contribution in [1.29, 1.82) is 0 Å². The average Bonchev–Trinajstić information content (AvgIpc) is 3.30. The number of methoxy groups -OCH3 is 2. The maximum absolute atomic E-state index is 13.1. The first-order valence-corrected chi connectivity index (χ1v) is 10.1. The second-order valence-electron chi connectivity index (χ2n) is 6.73. The van der Waals surface area contributed by atoms with Gasteiger partial charge in [0.25, 0.3) is 5.91 Å². The first-order chi connectivity index (χ1) is 15.0. The predicted octanol–water partition coefficient (Wildman–Crippen LogP) is 3.86. The minimum absolute atomic E-state index is 0.259. The van der Waals surface area contributed by atoms with Crippen LogP contribution in [0.4, 0.5) is 5.69 Å². The van der Waals surface area contributed by atoms with Gasteiger partial charge in [-0.2, -0.15) is 5.10 Å². The number of ether oxygens (including phenoxy) is 2. The lowest BCUT2D eigenvalue weighted by Gasteiger charge is -2.17. The number of carbonyl (C=O) groups is 1. The van der Waals surface area contributed by atoms with Crippen molar-refractivity contribution in [2.45, 2.75) is 6.54 Å². The highest BCUT2D eigenvalue weighted by molar-refractivity contribution is 7.80. The van der Waals surface area contributed by atoms with Crippen molar-refractivity contribution in [3.05, 3.63) is 76.7 Å². The number of nitrogens with zero attached hydrogens (tertiary/aromatic N) is 3. The predicted molar refractivity (Wildman–Crippen MR) is 124 cm³/mol. The van der Waals surface area contributed by atoms with Crippen molar-refractivity contribution in [2.75, 3.05) is 19.1 Å². The Morgan fingerprint density at radius 1 is 1.16 bits per heavy atom. The largest absolute Gasteiger partial charge is 0.496 e. The molecule has 1 amide bonds. The number of amides is 1. The van der Waals surface area contributed by atoms with Crippen LogP contribution in [0.2, 0.25) is 5.02 Å². The van der Waals surface area contributed by atoms with Crippen LogP contribution >= 0.6 is 23.8 Å². The van der Waals surface area contributed by atoms with E-state index in [0.29, 0.717) is 39.6 Å². The number of rotatable bonds is 6. The molecule has 1 aliphatic rings. The van der Waals surface area contributed by atoms with Crippen molar-refractivity contribution >= 4 is 46.6 Å². The Bertz CT molecular complexity index is 1190. The molecule has 4 rings (SSSR count). The van der Waals surface area contributed by atoms with E-state index in [4.69, 9.17) is 33.3 Å². The molecule has 0 radical (unpaired) electrons. The highest BCUT2D eigenvalue weighted by Crippen LogP contribution is 2.31.